The van der Waals surface area contributed by atoms with E-state index in [0.717, 1.165) is 16.7 Å². The second kappa shape index (κ2) is 7.23. The molecule has 0 aliphatic rings. The van der Waals surface area contributed by atoms with Crippen LogP contribution in [-0.2, 0) is 4.79 Å². The SMILES string of the molecule is CSCC(C)NC(=O)c1ccc(/C=C/C(=O)O)s1. The molecular weight excluding hydrogens is 270 g/mol. The average Bonchev–Trinajstić information content (AvgIpc) is 2.75. The summed E-state index contributed by atoms with van der Waals surface area (Å²) in [5.41, 5.74) is 0. The van der Waals surface area contributed by atoms with Crippen molar-refractivity contribution in [3.05, 3.63) is 28.0 Å². The third-order valence-corrected chi connectivity index (χ3v) is 3.92. The van der Waals surface area contributed by atoms with Gasteiger partial charge in [0.2, 0.25) is 0 Å². The van der Waals surface area contributed by atoms with Gasteiger partial charge in [-0.2, -0.15) is 11.8 Å². The molecule has 0 aliphatic heterocycles. The molecule has 1 atom stereocenters. The van der Waals surface area contributed by atoms with Crippen molar-refractivity contribution in [2.45, 2.75) is 13.0 Å². The van der Waals surface area contributed by atoms with E-state index in [0.29, 0.717) is 4.88 Å². The van der Waals surface area contributed by atoms with E-state index in [2.05, 4.69) is 5.32 Å². The minimum atomic E-state index is -0.997. The Morgan fingerprint density at radius 2 is 2.28 bits per heavy atom. The van der Waals surface area contributed by atoms with E-state index in [1.165, 1.54) is 17.4 Å². The van der Waals surface area contributed by atoms with Gasteiger partial charge in [0.05, 0.1) is 4.88 Å². The fraction of sp³-hybridized carbons (Fsp3) is 0.333. The van der Waals surface area contributed by atoms with Crippen molar-refractivity contribution in [2.75, 3.05) is 12.0 Å². The number of thiophene rings is 1. The molecule has 1 amide bonds. The van der Waals surface area contributed by atoms with Crippen molar-refractivity contribution in [2.24, 2.45) is 0 Å². The van der Waals surface area contributed by atoms with Crippen LogP contribution in [0.1, 0.15) is 21.5 Å². The van der Waals surface area contributed by atoms with E-state index in [9.17, 15) is 9.59 Å². The molecule has 1 aromatic heterocycles. The van der Waals surface area contributed by atoms with Crippen LogP contribution < -0.4 is 5.32 Å². The number of nitrogens with one attached hydrogen (secondary N) is 1. The molecule has 0 saturated carbocycles. The molecule has 0 radical (unpaired) electrons. The van der Waals surface area contributed by atoms with Gasteiger partial charge in [0.1, 0.15) is 0 Å². The van der Waals surface area contributed by atoms with Gasteiger partial charge >= 0.3 is 5.97 Å². The number of aliphatic carboxylic acids is 1. The van der Waals surface area contributed by atoms with Gasteiger partial charge in [-0.15, -0.1) is 11.3 Å². The quantitative estimate of drug-likeness (QED) is 0.787. The monoisotopic (exact) mass is 285 g/mol. The van der Waals surface area contributed by atoms with E-state index in [1.807, 2.05) is 13.2 Å². The van der Waals surface area contributed by atoms with Crippen molar-refractivity contribution in [1.82, 2.24) is 5.32 Å². The number of carbonyl (C=O) groups is 2. The first-order chi connectivity index (χ1) is 8.52. The van der Waals surface area contributed by atoms with Crippen molar-refractivity contribution in [3.8, 4) is 0 Å². The van der Waals surface area contributed by atoms with Crippen LogP contribution in [0.25, 0.3) is 6.08 Å². The molecule has 0 aromatic carbocycles. The Hall–Kier alpha value is -1.27. The van der Waals surface area contributed by atoms with Gasteiger partial charge in [-0.3, -0.25) is 4.79 Å². The predicted molar refractivity (Wildman–Crippen MR) is 76.3 cm³/mol. The minimum Gasteiger partial charge on any atom is -0.478 e. The second-order valence-corrected chi connectivity index (χ2v) is 5.73. The van der Waals surface area contributed by atoms with Crippen LogP contribution in [0.5, 0.6) is 0 Å². The number of carboxylic acid groups (broad SMARTS) is 1. The number of rotatable bonds is 6. The first kappa shape index (κ1) is 14.8. The molecule has 0 aliphatic carbocycles. The lowest BCUT2D eigenvalue weighted by molar-refractivity contribution is -0.131. The van der Waals surface area contributed by atoms with Crippen molar-refractivity contribution in [1.29, 1.82) is 0 Å². The second-order valence-electron chi connectivity index (χ2n) is 3.70. The molecule has 6 heteroatoms. The number of hydrogen-bond donors (Lipinski definition) is 2. The standard InChI is InChI=1S/C12H15NO3S2/c1-8(7-17-2)13-12(16)10-5-3-9(18-10)4-6-11(14)15/h3-6,8H,7H2,1-2H3,(H,13,16)(H,14,15)/b6-4+. The molecule has 1 unspecified atom stereocenters. The van der Waals surface area contributed by atoms with Gasteiger partial charge in [-0.05, 0) is 31.4 Å². The highest BCUT2D eigenvalue weighted by Crippen LogP contribution is 2.18. The Morgan fingerprint density at radius 3 is 2.89 bits per heavy atom. The third-order valence-electron chi connectivity index (χ3n) is 2.03. The lowest BCUT2D eigenvalue weighted by Gasteiger charge is -2.10. The van der Waals surface area contributed by atoms with E-state index in [1.54, 1.807) is 23.9 Å². The maximum Gasteiger partial charge on any atom is 0.328 e. The summed E-state index contributed by atoms with van der Waals surface area (Å²) in [7, 11) is 0. The van der Waals surface area contributed by atoms with Crippen LogP contribution in [0.3, 0.4) is 0 Å². The van der Waals surface area contributed by atoms with Crippen LogP contribution in [0.4, 0.5) is 0 Å². The predicted octanol–water partition coefficient (Wildman–Crippen LogP) is 2.33. The summed E-state index contributed by atoms with van der Waals surface area (Å²) in [6.45, 7) is 1.95. The number of carbonyl (C=O) groups excluding carboxylic acids is 1. The normalized spacial score (nSPS) is 12.6. The fourth-order valence-corrected chi connectivity index (χ4v) is 2.70. The fourth-order valence-electron chi connectivity index (χ4n) is 1.30. The molecular formula is C12H15NO3S2. The maximum absolute atomic E-state index is 11.8. The highest BCUT2D eigenvalue weighted by molar-refractivity contribution is 7.98. The Morgan fingerprint density at radius 1 is 1.56 bits per heavy atom. The molecule has 0 bridgehead atoms. The molecule has 18 heavy (non-hydrogen) atoms. The van der Waals surface area contributed by atoms with E-state index in [4.69, 9.17) is 5.11 Å². The third kappa shape index (κ3) is 4.93. The molecule has 0 fully saturated rings. The Labute approximate surface area is 114 Å². The zero-order chi connectivity index (χ0) is 13.5. The average molecular weight is 285 g/mol. The zero-order valence-electron chi connectivity index (χ0n) is 10.2. The van der Waals surface area contributed by atoms with Crippen LogP contribution in [0, 0.1) is 0 Å². The van der Waals surface area contributed by atoms with Crippen LogP contribution >= 0.6 is 23.1 Å². The Balaban J connectivity index is 2.62. The van der Waals surface area contributed by atoms with Gasteiger partial charge in [-0.1, -0.05) is 0 Å². The first-order valence-electron chi connectivity index (χ1n) is 5.33. The van der Waals surface area contributed by atoms with Gasteiger partial charge in [-0.25, -0.2) is 4.79 Å². The lowest BCUT2D eigenvalue weighted by Crippen LogP contribution is -2.33. The smallest absolute Gasteiger partial charge is 0.328 e. The van der Waals surface area contributed by atoms with Gasteiger partial charge < -0.3 is 10.4 Å². The highest BCUT2D eigenvalue weighted by atomic mass is 32.2. The molecule has 98 valence electrons. The summed E-state index contributed by atoms with van der Waals surface area (Å²) >= 11 is 2.95. The number of hydrogen-bond acceptors (Lipinski definition) is 4. The molecule has 1 aromatic rings. The summed E-state index contributed by atoms with van der Waals surface area (Å²) in [5, 5.41) is 11.4. The summed E-state index contributed by atoms with van der Waals surface area (Å²) in [5.74, 6) is -0.248. The molecule has 4 nitrogen and oxygen atoms in total. The highest BCUT2D eigenvalue weighted by Gasteiger charge is 2.11. The molecule has 1 heterocycles. The maximum atomic E-state index is 11.8. The first-order valence-corrected chi connectivity index (χ1v) is 7.54. The number of amides is 1. The summed E-state index contributed by atoms with van der Waals surface area (Å²) in [6, 6.07) is 3.55. The summed E-state index contributed by atoms with van der Waals surface area (Å²) < 4.78 is 0. The summed E-state index contributed by atoms with van der Waals surface area (Å²) in [4.78, 5) is 23.5. The van der Waals surface area contributed by atoms with Crippen LogP contribution in [0.2, 0.25) is 0 Å². The van der Waals surface area contributed by atoms with E-state index < -0.39 is 5.97 Å². The lowest BCUT2D eigenvalue weighted by atomic mass is 10.3. The Bertz CT molecular complexity index is 454. The van der Waals surface area contributed by atoms with Crippen molar-refractivity contribution < 1.29 is 14.7 Å². The van der Waals surface area contributed by atoms with E-state index in [-0.39, 0.29) is 11.9 Å². The van der Waals surface area contributed by atoms with Gasteiger partial charge in [0, 0.05) is 22.7 Å². The van der Waals surface area contributed by atoms with Crippen LogP contribution in [-0.4, -0.2) is 35.0 Å². The molecule has 0 saturated heterocycles. The molecule has 1 rings (SSSR count). The number of thioether (sulfide) groups is 1. The van der Waals surface area contributed by atoms with Crippen molar-refractivity contribution in [3.63, 3.8) is 0 Å². The molecule has 0 spiro atoms. The van der Waals surface area contributed by atoms with E-state index >= 15 is 0 Å². The number of carboxylic acids is 1. The largest absolute Gasteiger partial charge is 0.478 e. The van der Waals surface area contributed by atoms with Crippen molar-refractivity contribution >= 4 is 41.1 Å². The zero-order valence-corrected chi connectivity index (χ0v) is 11.8. The van der Waals surface area contributed by atoms with Gasteiger partial charge in [0.25, 0.3) is 5.91 Å². The minimum absolute atomic E-state index is 0.114. The Kier molecular flexibility index (Phi) is 5.94. The topological polar surface area (TPSA) is 66.4 Å². The molecule has 2 N–H and O–H groups in total. The van der Waals surface area contributed by atoms with Gasteiger partial charge in [0.15, 0.2) is 0 Å². The summed E-state index contributed by atoms with van der Waals surface area (Å²) in [6.07, 6.45) is 4.53. The van der Waals surface area contributed by atoms with Crippen LogP contribution in [0.15, 0.2) is 18.2 Å².